The van der Waals surface area contributed by atoms with Crippen LogP contribution < -0.4 is 0 Å². The van der Waals surface area contributed by atoms with Gasteiger partial charge in [-0.05, 0) is 12.1 Å². The number of fused-ring (bicyclic) bond motifs is 1. The van der Waals surface area contributed by atoms with Gasteiger partial charge in [0.25, 0.3) is 10.1 Å². The molecule has 1 aromatic carbocycles. The number of carbonyl (C=O) groups is 1. The van der Waals surface area contributed by atoms with E-state index in [-0.39, 0.29) is 10.4 Å². The number of aromatic nitrogens is 1. The van der Waals surface area contributed by atoms with E-state index in [0.717, 1.165) is 4.57 Å². The Morgan fingerprint density at radius 3 is 2.60 bits per heavy atom. The molecule has 0 saturated carbocycles. The molecule has 1 aromatic heterocycles. The van der Waals surface area contributed by atoms with Gasteiger partial charge in [0.1, 0.15) is 4.90 Å². The van der Waals surface area contributed by atoms with Crippen LogP contribution >= 0.6 is 0 Å². The Bertz CT molecular complexity index is 627. The molecule has 0 radical (unpaired) electrons. The molecule has 0 aliphatic heterocycles. The van der Waals surface area contributed by atoms with E-state index in [1.165, 1.54) is 18.3 Å². The van der Waals surface area contributed by atoms with E-state index < -0.39 is 10.1 Å². The van der Waals surface area contributed by atoms with E-state index in [0.29, 0.717) is 11.8 Å². The minimum absolute atomic E-state index is 0.190. The number of para-hydroxylation sites is 1. The number of carbonyl (C=O) groups excluding carboxylic acids is 1. The number of rotatable bonds is 2. The fourth-order valence-corrected chi connectivity index (χ4v) is 2.20. The second-order valence-corrected chi connectivity index (χ2v) is 4.39. The molecule has 1 N–H and O–H groups in total. The van der Waals surface area contributed by atoms with Gasteiger partial charge < -0.3 is 0 Å². The summed E-state index contributed by atoms with van der Waals surface area (Å²) in [5, 5.41) is 0.581. The molecular formula is C9H7NO4S. The Hall–Kier alpha value is -1.66. The molecule has 1 heterocycles. The first kappa shape index (κ1) is 9.88. The number of hydrogen-bond acceptors (Lipinski definition) is 3. The first-order valence-corrected chi connectivity index (χ1v) is 5.50. The van der Waals surface area contributed by atoms with E-state index in [1.807, 2.05) is 0 Å². The SMILES string of the molecule is O=Cn1ccc2cccc(S(=O)(=O)O)c21. The van der Waals surface area contributed by atoms with Crippen molar-refractivity contribution in [3.8, 4) is 0 Å². The van der Waals surface area contributed by atoms with Crippen molar-refractivity contribution in [1.82, 2.24) is 4.57 Å². The van der Waals surface area contributed by atoms with Crippen molar-refractivity contribution < 1.29 is 17.8 Å². The Morgan fingerprint density at radius 2 is 2.00 bits per heavy atom. The zero-order chi connectivity index (χ0) is 11.1. The van der Waals surface area contributed by atoms with Gasteiger partial charge >= 0.3 is 0 Å². The molecule has 15 heavy (non-hydrogen) atoms. The summed E-state index contributed by atoms with van der Waals surface area (Å²) in [7, 11) is -4.31. The van der Waals surface area contributed by atoms with E-state index in [9.17, 15) is 13.2 Å². The highest BCUT2D eigenvalue weighted by Gasteiger charge is 2.16. The predicted molar refractivity (Wildman–Crippen MR) is 53.9 cm³/mol. The van der Waals surface area contributed by atoms with Gasteiger partial charge in [-0.3, -0.25) is 13.9 Å². The molecule has 0 aliphatic carbocycles. The fraction of sp³-hybridized carbons (Fsp3) is 0. The highest BCUT2D eigenvalue weighted by molar-refractivity contribution is 7.86. The van der Waals surface area contributed by atoms with Crippen molar-refractivity contribution in [2.24, 2.45) is 0 Å². The molecule has 0 spiro atoms. The van der Waals surface area contributed by atoms with Crippen LogP contribution in [0.2, 0.25) is 0 Å². The Balaban J connectivity index is 2.97. The third-order valence-corrected chi connectivity index (χ3v) is 2.98. The largest absolute Gasteiger partial charge is 0.296 e. The lowest BCUT2D eigenvalue weighted by molar-refractivity contribution is 0.484. The molecular weight excluding hydrogens is 218 g/mol. The number of hydrogen-bond donors (Lipinski definition) is 1. The summed E-state index contributed by atoms with van der Waals surface area (Å²) in [5.41, 5.74) is 0.190. The number of benzene rings is 1. The minimum atomic E-state index is -4.31. The average molecular weight is 225 g/mol. The van der Waals surface area contributed by atoms with Gasteiger partial charge in [-0.1, -0.05) is 12.1 Å². The topological polar surface area (TPSA) is 76.4 Å². The summed E-state index contributed by atoms with van der Waals surface area (Å²) in [6, 6.07) is 6.00. The molecule has 2 aromatic rings. The maximum absolute atomic E-state index is 11.0. The van der Waals surface area contributed by atoms with Crippen LogP contribution in [0.1, 0.15) is 0 Å². The van der Waals surface area contributed by atoms with Crippen LogP contribution in [0.15, 0.2) is 35.4 Å². The molecule has 2 rings (SSSR count). The maximum Gasteiger partial charge on any atom is 0.296 e. The predicted octanol–water partition coefficient (Wildman–Crippen LogP) is 0.926. The van der Waals surface area contributed by atoms with Crippen molar-refractivity contribution in [3.05, 3.63) is 30.5 Å². The molecule has 0 fully saturated rings. The molecule has 0 bridgehead atoms. The van der Waals surface area contributed by atoms with Crippen molar-refractivity contribution in [2.45, 2.75) is 4.90 Å². The van der Waals surface area contributed by atoms with Crippen LogP contribution in [-0.2, 0) is 14.9 Å². The smallest absolute Gasteiger partial charge is 0.288 e. The second-order valence-electron chi connectivity index (χ2n) is 3.00. The van der Waals surface area contributed by atoms with E-state index >= 15 is 0 Å². The first-order chi connectivity index (χ1) is 7.04. The molecule has 0 atom stereocenters. The summed E-state index contributed by atoms with van der Waals surface area (Å²) in [5.74, 6) is 0. The van der Waals surface area contributed by atoms with E-state index in [2.05, 4.69) is 0 Å². The van der Waals surface area contributed by atoms with Crippen molar-refractivity contribution in [2.75, 3.05) is 0 Å². The standard InChI is InChI=1S/C9H7NO4S/c11-6-10-5-4-7-2-1-3-8(9(7)10)15(12,13)14/h1-6H,(H,12,13,14). The van der Waals surface area contributed by atoms with Crippen LogP contribution in [0, 0.1) is 0 Å². The quantitative estimate of drug-likeness (QED) is 0.609. The highest BCUT2D eigenvalue weighted by atomic mass is 32.2. The summed E-state index contributed by atoms with van der Waals surface area (Å²) in [4.78, 5) is 10.4. The third-order valence-electron chi connectivity index (χ3n) is 2.09. The minimum Gasteiger partial charge on any atom is -0.288 e. The van der Waals surface area contributed by atoms with Crippen LogP contribution in [-0.4, -0.2) is 23.9 Å². The van der Waals surface area contributed by atoms with Gasteiger partial charge in [0.15, 0.2) is 0 Å². The van der Waals surface area contributed by atoms with Crippen LogP contribution in [0.25, 0.3) is 10.9 Å². The monoisotopic (exact) mass is 225 g/mol. The van der Waals surface area contributed by atoms with Crippen molar-refractivity contribution in [1.29, 1.82) is 0 Å². The van der Waals surface area contributed by atoms with E-state index in [4.69, 9.17) is 4.55 Å². The van der Waals surface area contributed by atoms with Gasteiger partial charge in [-0.2, -0.15) is 8.42 Å². The summed E-state index contributed by atoms with van der Waals surface area (Å²) >= 11 is 0. The molecule has 78 valence electrons. The Labute approximate surface area is 85.7 Å². The van der Waals surface area contributed by atoms with Gasteiger partial charge in [-0.25, -0.2) is 0 Å². The molecule has 0 unspecified atom stereocenters. The summed E-state index contributed by atoms with van der Waals surface area (Å²) in [6.07, 6.45) is 1.92. The third kappa shape index (κ3) is 1.53. The molecule has 6 heteroatoms. The normalized spacial score (nSPS) is 11.8. The fourth-order valence-electron chi connectivity index (χ4n) is 1.48. The lowest BCUT2D eigenvalue weighted by Crippen LogP contribution is -2.02. The van der Waals surface area contributed by atoms with Crippen LogP contribution in [0.4, 0.5) is 0 Å². The summed E-state index contributed by atoms with van der Waals surface area (Å²) < 4.78 is 32.2. The first-order valence-electron chi connectivity index (χ1n) is 4.06. The average Bonchev–Trinajstić information content (AvgIpc) is 2.58. The van der Waals surface area contributed by atoms with Crippen LogP contribution in [0.5, 0.6) is 0 Å². The van der Waals surface area contributed by atoms with Gasteiger partial charge in [0.05, 0.1) is 5.52 Å². The Morgan fingerprint density at radius 1 is 1.27 bits per heavy atom. The maximum atomic E-state index is 11.0. The second kappa shape index (κ2) is 3.18. The molecule has 0 amide bonds. The van der Waals surface area contributed by atoms with Gasteiger partial charge in [-0.15, -0.1) is 0 Å². The van der Waals surface area contributed by atoms with Crippen molar-refractivity contribution in [3.63, 3.8) is 0 Å². The van der Waals surface area contributed by atoms with Crippen molar-refractivity contribution >= 4 is 27.4 Å². The lowest BCUT2D eigenvalue weighted by Gasteiger charge is -2.01. The number of nitrogens with zero attached hydrogens (tertiary/aromatic N) is 1. The lowest BCUT2D eigenvalue weighted by atomic mass is 10.2. The zero-order valence-electron chi connectivity index (χ0n) is 7.49. The molecule has 0 aliphatic rings. The molecule has 5 nitrogen and oxygen atoms in total. The van der Waals surface area contributed by atoms with Gasteiger partial charge in [0.2, 0.25) is 6.41 Å². The van der Waals surface area contributed by atoms with Gasteiger partial charge in [0, 0.05) is 11.6 Å². The Kier molecular flexibility index (Phi) is 2.09. The summed E-state index contributed by atoms with van der Waals surface area (Å²) in [6.45, 7) is 0. The van der Waals surface area contributed by atoms with Crippen LogP contribution in [0.3, 0.4) is 0 Å². The van der Waals surface area contributed by atoms with E-state index in [1.54, 1.807) is 12.1 Å². The highest BCUT2D eigenvalue weighted by Crippen LogP contribution is 2.22. The zero-order valence-corrected chi connectivity index (χ0v) is 8.31. The molecule has 0 saturated heterocycles.